The van der Waals surface area contributed by atoms with E-state index in [0.29, 0.717) is 5.39 Å². The molecule has 2 aliphatic rings. The Morgan fingerprint density at radius 2 is 2.20 bits per heavy atom. The molecule has 2 aliphatic heterocycles. The lowest BCUT2D eigenvalue weighted by Crippen LogP contribution is -2.08. The minimum Gasteiger partial charge on any atom is -0.481 e. The van der Waals surface area contributed by atoms with Gasteiger partial charge in [-0.1, -0.05) is 0 Å². The molecule has 0 aliphatic carbocycles. The number of nitrogens with zero attached hydrogens (tertiary/aromatic N) is 1. The topological polar surface area (TPSA) is 96.2 Å². The number of hydrogen-bond donors (Lipinski definition) is 2. The van der Waals surface area contributed by atoms with Crippen LogP contribution in [0.4, 0.5) is 4.39 Å². The van der Waals surface area contributed by atoms with Crippen molar-refractivity contribution in [3.63, 3.8) is 0 Å². The number of halogens is 2. The third kappa shape index (κ3) is 2.12. The maximum absolute atomic E-state index is 13.2. The van der Waals surface area contributed by atoms with Crippen molar-refractivity contribution < 1.29 is 18.7 Å². The summed E-state index contributed by atoms with van der Waals surface area (Å²) in [6.07, 6.45) is -0.446. The van der Waals surface area contributed by atoms with Gasteiger partial charge in [0.2, 0.25) is 0 Å². The zero-order valence-electron chi connectivity index (χ0n) is 9.84. The van der Waals surface area contributed by atoms with Gasteiger partial charge in [-0.15, -0.1) is 12.4 Å². The first-order valence-corrected chi connectivity index (χ1v) is 5.37. The van der Waals surface area contributed by atoms with E-state index < -0.39 is 23.8 Å². The monoisotopic (exact) mass is 298 g/mol. The predicted octanol–water partition coefficient (Wildman–Crippen LogP) is 1.81. The summed E-state index contributed by atoms with van der Waals surface area (Å²) in [4.78, 5) is 22.4. The number of carboxylic acids is 1. The normalized spacial score (nSPS) is 10.7. The lowest BCUT2D eigenvalue weighted by molar-refractivity contribution is -0.136. The van der Waals surface area contributed by atoms with E-state index in [0.717, 1.165) is 0 Å². The average molecular weight is 299 g/mol. The van der Waals surface area contributed by atoms with E-state index in [1.54, 1.807) is 0 Å². The quantitative estimate of drug-likeness (QED) is 0.752. The van der Waals surface area contributed by atoms with Gasteiger partial charge in [0.15, 0.2) is 0 Å². The van der Waals surface area contributed by atoms with E-state index in [2.05, 4.69) is 10.2 Å². The number of aliphatic carboxylic acids is 1. The minimum atomic E-state index is -1.13. The van der Waals surface area contributed by atoms with Crippen LogP contribution < -0.4 is 5.56 Å². The van der Waals surface area contributed by atoms with Gasteiger partial charge < -0.3 is 9.52 Å². The molecular formula is C12H8ClFN2O4. The van der Waals surface area contributed by atoms with Crippen LogP contribution in [0, 0.1) is 5.82 Å². The van der Waals surface area contributed by atoms with Crippen LogP contribution in [0.3, 0.4) is 0 Å². The van der Waals surface area contributed by atoms with Crippen LogP contribution >= 0.6 is 12.4 Å². The van der Waals surface area contributed by atoms with Crippen LogP contribution in [0.15, 0.2) is 27.4 Å². The fourth-order valence-corrected chi connectivity index (χ4v) is 2.00. The molecule has 0 atom stereocenters. The minimum absolute atomic E-state index is 0. The van der Waals surface area contributed by atoms with Crippen molar-refractivity contribution in [2.75, 3.05) is 0 Å². The third-order valence-electron chi connectivity index (χ3n) is 2.75. The maximum atomic E-state index is 13.2. The number of carbonyl (C=O) groups is 1. The number of aromatic amines is 1. The lowest BCUT2D eigenvalue weighted by Gasteiger charge is -2.07. The van der Waals surface area contributed by atoms with Crippen LogP contribution in [-0.2, 0) is 11.2 Å². The first-order chi connectivity index (χ1) is 9.06. The highest BCUT2D eigenvalue weighted by Crippen LogP contribution is 2.31. The number of aromatic nitrogens is 2. The van der Waals surface area contributed by atoms with Gasteiger partial charge >= 0.3 is 5.97 Å². The summed E-state index contributed by atoms with van der Waals surface area (Å²) in [5.41, 5.74) is -0.0275. The summed E-state index contributed by atoms with van der Waals surface area (Å²) < 4.78 is 18.6. The Hall–Kier alpha value is -2.41. The fraction of sp³-hybridized carbons (Fsp3) is 0.0833. The van der Waals surface area contributed by atoms with Crippen LogP contribution in [0.5, 0.6) is 0 Å². The Morgan fingerprint density at radius 3 is 2.90 bits per heavy atom. The van der Waals surface area contributed by atoms with Crippen molar-refractivity contribution in [2.24, 2.45) is 0 Å². The lowest BCUT2D eigenvalue weighted by atomic mass is 10.1. The highest BCUT2D eigenvalue weighted by Gasteiger charge is 2.23. The smallest absolute Gasteiger partial charge is 0.311 e. The Labute approximate surface area is 117 Å². The molecule has 0 radical (unpaired) electrons. The molecule has 1 aromatic carbocycles. The molecule has 20 heavy (non-hydrogen) atoms. The summed E-state index contributed by atoms with van der Waals surface area (Å²) in [6, 6.07) is 3.74. The Bertz CT molecular complexity index is 826. The molecule has 104 valence electrons. The molecule has 3 rings (SSSR count). The molecule has 8 heteroatoms. The number of benzene rings is 1. The molecular weight excluding hydrogens is 291 g/mol. The number of nitrogens with one attached hydrogen (secondary N) is 1. The predicted molar refractivity (Wildman–Crippen MR) is 69.8 cm³/mol. The second-order valence-corrected chi connectivity index (χ2v) is 4.01. The largest absolute Gasteiger partial charge is 0.481 e. The van der Waals surface area contributed by atoms with E-state index in [-0.39, 0.29) is 35.0 Å². The maximum Gasteiger partial charge on any atom is 0.311 e. The first kappa shape index (κ1) is 14.0. The van der Waals surface area contributed by atoms with Crippen molar-refractivity contribution >= 4 is 29.3 Å². The summed E-state index contributed by atoms with van der Waals surface area (Å²) in [5.74, 6) is -1.63. The molecule has 0 aromatic heterocycles. The molecule has 0 fully saturated rings. The summed E-state index contributed by atoms with van der Waals surface area (Å²) in [5, 5.41) is 15.2. The molecule has 0 unspecified atom stereocenters. The second-order valence-electron chi connectivity index (χ2n) is 4.01. The van der Waals surface area contributed by atoms with E-state index >= 15 is 0 Å². The van der Waals surface area contributed by atoms with Crippen LogP contribution in [0.1, 0.15) is 5.76 Å². The van der Waals surface area contributed by atoms with Gasteiger partial charge in [-0.3, -0.25) is 9.59 Å². The summed E-state index contributed by atoms with van der Waals surface area (Å²) in [6.45, 7) is 0. The zero-order chi connectivity index (χ0) is 13.6. The van der Waals surface area contributed by atoms with Gasteiger partial charge in [-0.05, 0) is 18.2 Å². The van der Waals surface area contributed by atoms with Gasteiger partial charge in [0.25, 0.3) is 5.56 Å². The molecule has 0 saturated carbocycles. The molecule has 0 saturated heterocycles. The zero-order valence-corrected chi connectivity index (χ0v) is 10.7. The van der Waals surface area contributed by atoms with Crippen molar-refractivity contribution in [1.82, 2.24) is 10.2 Å². The molecule has 2 N–H and O–H groups in total. The van der Waals surface area contributed by atoms with Crippen molar-refractivity contribution in [2.45, 2.75) is 6.42 Å². The van der Waals surface area contributed by atoms with Crippen molar-refractivity contribution in [3.8, 4) is 11.3 Å². The number of hydrogen-bond acceptors (Lipinski definition) is 4. The Kier molecular flexibility index (Phi) is 3.46. The van der Waals surface area contributed by atoms with Crippen molar-refractivity contribution in [1.29, 1.82) is 0 Å². The Morgan fingerprint density at radius 1 is 1.45 bits per heavy atom. The number of fused-ring (bicyclic) bond motifs is 3. The van der Waals surface area contributed by atoms with Crippen LogP contribution in [0.2, 0.25) is 0 Å². The average Bonchev–Trinajstić information content (AvgIpc) is 2.72. The van der Waals surface area contributed by atoms with Gasteiger partial charge in [0.1, 0.15) is 34.8 Å². The molecule has 2 heterocycles. The molecule has 0 spiro atoms. The molecule has 0 bridgehead atoms. The fourth-order valence-electron chi connectivity index (χ4n) is 2.00. The molecule has 6 nitrogen and oxygen atoms in total. The van der Waals surface area contributed by atoms with E-state index in [9.17, 15) is 14.0 Å². The number of carboxylic acid groups (broad SMARTS) is 1. The number of H-pyrrole nitrogens is 1. The van der Waals surface area contributed by atoms with E-state index in [1.165, 1.54) is 18.2 Å². The second kappa shape index (κ2) is 4.93. The van der Waals surface area contributed by atoms with Gasteiger partial charge in [-0.2, -0.15) is 5.10 Å². The van der Waals surface area contributed by atoms with Gasteiger partial charge in [0.05, 0.1) is 0 Å². The van der Waals surface area contributed by atoms with Crippen LogP contribution in [-0.4, -0.2) is 21.3 Å². The standard InChI is InChI=1S/C12H7FN2O4.ClH/c13-5-1-2-7-6(3-5)11-10(12(18)15-14-11)8(19-7)4-9(16)17;/h1-3H,4H2,(H,15,18)(H,16,17);1H. The third-order valence-corrected chi connectivity index (χ3v) is 2.75. The molecule has 1 aromatic rings. The SMILES string of the molecule is Cl.O=C(O)Cc1oc2ccc(F)cc2c2n[nH]c(=O)c1-2. The highest BCUT2D eigenvalue weighted by molar-refractivity contribution is 5.93. The molecule has 0 amide bonds. The summed E-state index contributed by atoms with van der Waals surface area (Å²) in [7, 11) is 0. The van der Waals surface area contributed by atoms with Gasteiger partial charge in [-0.25, -0.2) is 9.49 Å². The number of rotatable bonds is 2. The van der Waals surface area contributed by atoms with Crippen LogP contribution in [0.25, 0.3) is 22.2 Å². The van der Waals surface area contributed by atoms with E-state index in [1.807, 2.05) is 0 Å². The summed E-state index contributed by atoms with van der Waals surface area (Å²) >= 11 is 0. The van der Waals surface area contributed by atoms with Gasteiger partial charge in [0, 0.05) is 5.39 Å². The highest BCUT2D eigenvalue weighted by atomic mass is 35.5. The van der Waals surface area contributed by atoms with Crippen molar-refractivity contribution in [3.05, 3.63) is 40.1 Å². The first-order valence-electron chi connectivity index (χ1n) is 5.37. The van der Waals surface area contributed by atoms with E-state index in [4.69, 9.17) is 9.52 Å². The Balaban J connectivity index is 0.00000147.